The summed E-state index contributed by atoms with van der Waals surface area (Å²) < 4.78 is 5.41. The number of ketones is 1. The van der Waals surface area contributed by atoms with Crippen molar-refractivity contribution in [1.82, 2.24) is 0 Å². The number of Topliss-reactive ketones (excluding diaryl/α,β-unsaturated/α-hetero) is 1. The fourth-order valence-corrected chi connectivity index (χ4v) is 2.06. The van der Waals surface area contributed by atoms with Crippen LogP contribution in [0.3, 0.4) is 0 Å². The molecule has 0 bridgehead atoms. The van der Waals surface area contributed by atoms with Gasteiger partial charge in [-0.15, -0.1) is 11.8 Å². The van der Waals surface area contributed by atoms with Crippen molar-refractivity contribution in [2.24, 2.45) is 0 Å². The first-order valence-electron chi connectivity index (χ1n) is 6.08. The lowest BCUT2D eigenvalue weighted by molar-refractivity contribution is 0.0921. The average Bonchev–Trinajstić information content (AvgIpc) is 2.53. The second-order valence-corrected chi connectivity index (χ2v) is 5.01. The molecule has 0 radical (unpaired) electrons. The van der Waals surface area contributed by atoms with Crippen molar-refractivity contribution in [1.29, 1.82) is 0 Å². The third-order valence-electron chi connectivity index (χ3n) is 2.80. The maximum Gasteiger partial charge on any atom is 0.200 e. The van der Waals surface area contributed by atoms with Crippen LogP contribution in [0.2, 0.25) is 0 Å². The zero-order valence-corrected chi connectivity index (χ0v) is 11.9. The smallest absolute Gasteiger partial charge is 0.200 e. The minimum atomic E-state index is -0.0721. The summed E-state index contributed by atoms with van der Waals surface area (Å²) in [6.07, 6.45) is 2.76. The Morgan fingerprint density at radius 1 is 1.10 bits per heavy atom. The Morgan fingerprint density at radius 3 is 2.30 bits per heavy atom. The standard InChI is InChI=1S/C16H14O3S/c1-20-15-8-4-13(5-9-15)16(18)11-19-14-6-2-12(10-17)3-7-14/h2-10H,11H2,1H3. The number of thioether (sulfide) groups is 1. The Balaban J connectivity index is 1.94. The van der Waals surface area contributed by atoms with Gasteiger partial charge in [0.15, 0.2) is 12.4 Å². The number of benzene rings is 2. The molecule has 0 N–H and O–H groups in total. The number of ether oxygens (including phenoxy) is 1. The van der Waals surface area contributed by atoms with E-state index in [2.05, 4.69) is 0 Å². The molecule has 0 unspecified atom stereocenters. The largest absolute Gasteiger partial charge is 0.485 e. The number of rotatable bonds is 6. The molecule has 0 atom stereocenters. The van der Waals surface area contributed by atoms with E-state index >= 15 is 0 Å². The molecule has 0 fully saturated rings. The first kappa shape index (κ1) is 14.3. The van der Waals surface area contributed by atoms with Gasteiger partial charge in [0.1, 0.15) is 12.0 Å². The minimum absolute atomic E-state index is 0.0148. The van der Waals surface area contributed by atoms with Crippen molar-refractivity contribution in [3.05, 3.63) is 59.7 Å². The Morgan fingerprint density at radius 2 is 1.75 bits per heavy atom. The van der Waals surface area contributed by atoms with E-state index in [1.54, 1.807) is 48.2 Å². The van der Waals surface area contributed by atoms with Gasteiger partial charge in [-0.05, 0) is 42.7 Å². The predicted octanol–water partition coefficient (Wildman–Crippen LogP) is 3.48. The number of carbonyl (C=O) groups is 2. The van der Waals surface area contributed by atoms with Gasteiger partial charge >= 0.3 is 0 Å². The van der Waals surface area contributed by atoms with E-state index in [1.165, 1.54) is 0 Å². The van der Waals surface area contributed by atoms with Crippen molar-refractivity contribution in [2.45, 2.75) is 4.90 Å². The lowest BCUT2D eigenvalue weighted by Gasteiger charge is -2.06. The van der Waals surface area contributed by atoms with Crippen LogP contribution in [-0.4, -0.2) is 24.9 Å². The normalized spacial score (nSPS) is 10.1. The van der Waals surface area contributed by atoms with E-state index in [0.29, 0.717) is 16.9 Å². The fraction of sp³-hybridized carbons (Fsp3) is 0.125. The molecule has 2 aromatic rings. The molecule has 0 heterocycles. The molecular formula is C16H14O3S. The highest BCUT2D eigenvalue weighted by Crippen LogP contribution is 2.16. The molecule has 0 aromatic heterocycles. The molecule has 0 aliphatic heterocycles. The molecule has 20 heavy (non-hydrogen) atoms. The average molecular weight is 286 g/mol. The molecule has 0 saturated carbocycles. The second-order valence-electron chi connectivity index (χ2n) is 4.13. The molecule has 0 saturated heterocycles. The Labute approximate surface area is 122 Å². The summed E-state index contributed by atoms with van der Waals surface area (Å²) in [5.74, 6) is 0.502. The van der Waals surface area contributed by atoms with E-state index in [4.69, 9.17) is 4.74 Å². The quantitative estimate of drug-likeness (QED) is 0.463. The maximum atomic E-state index is 12.0. The van der Waals surface area contributed by atoms with Crippen LogP contribution in [-0.2, 0) is 0 Å². The molecule has 3 nitrogen and oxygen atoms in total. The molecule has 0 aliphatic carbocycles. The van der Waals surface area contributed by atoms with Crippen LogP contribution in [0.5, 0.6) is 5.75 Å². The summed E-state index contributed by atoms with van der Waals surface area (Å²) in [6, 6.07) is 14.1. The third kappa shape index (κ3) is 3.71. The number of hydrogen-bond acceptors (Lipinski definition) is 4. The van der Waals surface area contributed by atoms with E-state index in [1.807, 2.05) is 18.4 Å². The van der Waals surface area contributed by atoms with Crippen LogP contribution in [0.1, 0.15) is 20.7 Å². The van der Waals surface area contributed by atoms with Gasteiger partial charge in [0.05, 0.1) is 0 Å². The number of carbonyl (C=O) groups excluding carboxylic acids is 2. The molecular weight excluding hydrogens is 272 g/mol. The Kier molecular flexibility index (Phi) is 4.96. The van der Waals surface area contributed by atoms with Crippen molar-refractivity contribution >= 4 is 23.8 Å². The minimum Gasteiger partial charge on any atom is -0.485 e. The molecule has 4 heteroatoms. The summed E-state index contributed by atoms with van der Waals surface area (Å²) >= 11 is 1.63. The summed E-state index contributed by atoms with van der Waals surface area (Å²) in [5.41, 5.74) is 1.21. The van der Waals surface area contributed by atoms with E-state index < -0.39 is 0 Å². The van der Waals surface area contributed by atoms with Gasteiger partial charge in [-0.25, -0.2) is 0 Å². The zero-order chi connectivity index (χ0) is 14.4. The van der Waals surface area contributed by atoms with E-state index in [9.17, 15) is 9.59 Å². The summed E-state index contributed by atoms with van der Waals surface area (Å²) in [7, 11) is 0. The summed E-state index contributed by atoms with van der Waals surface area (Å²) in [5, 5.41) is 0. The monoisotopic (exact) mass is 286 g/mol. The van der Waals surface area contributed by atoms with Gasteiger partial charge < -0.3 is 4.74 Å². The molecule has 2 rings (SSSR count). The van der Waals surface area contributed by atoms with Crippen LogP contribution in [0.4, 0.5) is 0 Å². The number of aldehydes is 1. The lowest BCUT2D eigenvalue weighted by atomic mass is 10.1. The molecule has 2 aromatic carbocycles. The zero-order valence-electron chi connectivity index (χ0n) is 11.0. The van der Waals surface area contributed by atoms with E-state index in [0.717, 1.165) is 11.2 Å². The highest BCUT2D eigenvalue weighted by molar-refractivity contribution is 7.98. The third-order valence-corrected chi connectivity index (χ3v) is 3.54. The topological polar surface area (TPSA) is 43.4 Å². The van der Waals surface area contributed by atoms with Gasteiger partial charge in [0.25, 0.3) is 0 Å². The van der Waals surface area contributed by atoms with E-state index in [-0.39, 0.29) is 12.4 Å². The van der Waals surface area contributed by atoms with Crippen molar-refractivity contribution in [3.8, 4) is 5.75 Å². The predicted molar refractivity (Wildman–Crippen MR) is 79.9 cm³/mol. The van der Waals surface area contributed by atoms with Crippen LogP contribution in [0, 0.1) is 0 Å². The van der Waals surface area contributed by atoms with Crippen molar-refractivity contribution < 1.29 is 14.3 Å². The molecule has 102 valence electrons. The van der Waals surface area contributed by atoms with Crippen LogP contribution in [0.15, 0.2) is 53.4 Å². The lowest BCUT2D eigenvalue weighted by Crippen LogP contribution is -2.11. The molecule has 0 amide bonds. The van der Waals surface area contributed by atoms with Gasteiger partial charge in [0, 0.05) is 16.0 Å². The van der Waals surface area contributed by atoms with Crippen LogP contribution in [0.25, 0.3) is 0 Å². The van der Waals surface area contributed by atoms with Gasteiger partial charge in [-0.1, -0.05) is 12.1 Å². The summed E-state index contributed by atoms with van der Waals surface area (Å²) in [6.45, 7) is -0.0148. The highest BCUT2D eigenvalue weighted by atomic mass is 32.2. The van der Waals surface area contributed by atoms with Gasteiger partial charge in [-0.3, -0.25) is 9.59 Å². The Bertz CT molecular complexity index is 588. The fourth-order valence-electron chi connectivity index (χ4n) is 1.65. The second kappa shape index (κ2) is 6.91. The van der Waals surface area contributed by atoms with Crippen LogP contribution >= 0.6 is 11.8 Å². The SMILES string of the molecule is CSc1ccc(C(=O)COc2ccc(C=O)cc2)cc1. The molecule has 0 spiro atoms. The van der Waals surface area contributed by atoms with Crippen LogP contribution < -0.4 is 4.74 Å². The van der Waals surface area contributed by atoms with Crippen molar-refractivity contribution in [3.63, 3.8) is 0 Å². The van der Waals surface area contributed by atoms with Gasteiger partial charge in [-0.2, -0.15) is 0 Å². The first-order valence-corrected chi connectivity index (χ1v) is 7.30. The highest BCUT2D eigenvalue weighted by Gasteiger charge is 2.06. The number of hydrogen-bond donors (Lipinski definition) is 0. The maximum absolute atomic E-state index is 12.0. The first-order chi connectivity index (χ1) is 9.72. The van der Waals surface area contributed by atoms with Crippen molar-refractivity contribution in [2.75, 3.05) is 12.9 Å². The molecule has 0 aliphatic rings. The van der Waals surface area contributed by atoms with Gasteiger partial charge in [0.2, 0.25) is 0 Å². The Hall–Kier alpha value is -2.07. The summed E-state index contributed by atoms with van der Waals surface area (Å²) in [4.78, 5) is 23.6.